The molecule has 3 aromatic carbocycles. The number of benzene rings is 3. The van der Waals surface area contributed by atoms with Crippen molar-refractivity contribution in [3.05, 3.63) is 77.9 Å². The molecule has 3 aromatic rings. The van der Waals surface area contributed by atoms with Crippen LogP contribution in [0.5, 0.6) is 17.2 Å². The zero-order chi connectivity index (χ0) is 24.9. The van der Waals surface area contributed by atoms with Crippen LogP contribution in [0.25, 0.3) is 0 Å². The lowest BCUT2D eigenvalue weighted by atomic mass is 9.86. The molecule has 2 N–H and O–H groups in total. The van der Waals surface area contributed by atoms with Crippen molar-refractivity contribution < 1.29 is 27.4 Å². The molecule has 34 heavy (non-hydrogen) atoms. The zero-order valence-corrected chi connectivity index (χ0v) is 18.7. The van der Waals surface area contributed by atoms with E-state index in [1.54, 1.807) is 12.1 Å². The monoisotopic (exact) mass is 469 g/mol. The molecule has 0 unspecified atom stereocenters. The lowest BCUT2D eigenvalue weighted by molar-refractivity contribution is -0.274. The number of anilines is 2. The van der Waals surface area contributed by atoms with Crippen LogP contribution in [-0.2, 0) is 5.41 Å². The van der Waals surface area contributed by atoms with E-state index in [0.717, 1.165) is 17.7 Å². The molecule has 0 aliphatic rings. The number of alkyl halides is 3. The molecule has 0 radical (unpaired) electrons. The van der Waals surface area contributed by atoms with Gasteiger partial charge in [0.1, 0.15) is 11.5 Å². The minimum Gasteiger partial charge on any atom is -0.455 e. The average molecular weight is 469 g/mol. The summed E-state index contributed by atoms with van der Waals surface area (Å²) in [5, 5.41) is 14.4. The number of para-hydroxylation sites is 1. The van der Waals surface area contributed by atoms with E-state index in [1.165, 1.54) is 18.2 Å². The average Bonchev–Trinajstić information content (AvgIpc) is 2.75. The van der Waals surface area contributed by atoms with E-state index in [2.05, 4.69) is 15.4 Å². The summed E-state index contributed by atoms with van der Waals surface area (Å²) in [4.78, 5) is 12.6. The van der Waals surface area contributed by atoms with Gasteiger partial charge in [-0.2, -0.15) is 5.26 Å². The smallest absolute Gasteiger partial charge is 0.455 e. The maximum absolute atomic E-state index is 12.6. The number of urea groups is 1. The molecular formula is C25H22F3N3O3. The number of rotatable bonds is 5. The molecule has 0 fully saturated rings. The van der Waals surface area contributed by atoms with Crippen LogP contribution >= 0.6 is 0 Å². The molecule has 0 atom stereocenters. The van der Waals surface area contributed by atoms with E-state index in [9.17, 15) is 23.2 Å². The Morgan fingerprint density at radius 2 is 1.59 bits per heavy atom. The van der Waals surface area contributed by atoms with Gasteiger partial charge in [0.05, 0.1) is 17.3 Å². The second kappa shape index (κ2) is 9.75. The summed E-state index contributed by atoms with van der Waals surface area (Å²) in [7, 11) is 0. The number of nitrogens with zero attached hydrogens (tertiary/aromatic N) is 1. The Kier molecular flexibility index (Phi) is 7.01. The van der Waals surface area contributed by atoms with Gasteiger partial charge in [-0.1, -0.05) is 39.0 Å². The van der Waals surface area contributed by atoms with E-state index >= 15 is 0 Å². The highest BCUT2D eigenvalue weighted by Gasteiger charge is 2.31. The highest BCUT2D eigenvalue weighted by atomic mass is 19.4. The second-order valence-electron chi connectivity index (χ2n) is 8.32. The molecule has 0 spiro atoms. The number of hydrogen-bond acceptors (Lipinski definition) is 4. The Labute approximate surface area is 194 Å². The molecule has 0 aliphatic carbocycles. The van der Waals surface area contributed by atoms with Crippen LogP contribution in [0.1, 0.15) is 31.9 Å². The van der Waals surface area contributed by atoms with Gasteiger partial charge in [-0.15, -0.1) is 13.2 Å². The number of nitriles is 1. The third-order valence-corrected chi connectivity index (χ3v) is 4.62. The van der Waals surface area contributed by atoms with E-state index in [4.69, 9.17) is 4.74 Å². The van der Waals surface area contributed by atoms with Gasteiger partial charge in [0, 0.05) is 11.3 Å². The predicted octanol–water partition coefficient (Wildman–Crippen LogP) is 7.19. The maximum atomic E-state index is 12.6. The maximum Gasteiger partial charge on any atom is 0.573 e. The van der Waals surface area contributed by atoms with Crippen LogP contribution in [0.15, 0.2) is 66.7 Å². The Hall–Kier alpha value is -4.19. The summed E-state index contributed by atoms with van der Waals surface area (Å²) in [5.74, 6) is 0.511. The van der Waals surface area contributed by atoms with Crippen LogP contribution in [0.4, 0.5) is 29.3 Å². The van der Waals surface area contributed by atoms with E-state index in [1.807, 2.05) is 51.1 Å². The zero-order valence-electron chi connectivity index (χ0n) is 18.7. The normalized spacial score (nSPS) is 11.3. The molecule has 6 nitrogen and oxygen atoms in total. The number of carbonyl (C=O) groups is 1. The summed E-state index contributed by atoms with van der Waals surface area (Å²) < 4.78 is 46.8. The van der Waals surface area contributed by atoms with Crippen molar-refractivity contribution >= 4 is 17.4 Å². The topological polar surface area (TPSA) is 83.4 Å². The third kappa shape index (κ3) is 6.65. The number of ether oxygens (including phenoxy) is 2. The van der Waals surface area contributed by atoms with Crippen molar-refractivity contribution in [1.82, 2.24) is 0 Å². The first-order valence-corrected chi connectivity index (χ1v) is 10.2. The van der Waals surface area contributed by atoms with Crippen molar-refractivity contribution in [3.8, 4) is 23.3 Å². The van der Waals surface area contributed by atoms with Crippen LogP contribution in [0.3, 0.4) is 0 Å². The number of amides is 2. The number of nitrogens with one attached hydrogen (secondary N) is 2. The number of halogens is 3. The molecule has 176 valence electrons. The quantitative estimate of drug-likeness (QED) is 0.414. The fraction of sp³-hybridized carbons (Fsp3) is 0.200. The molecule has 0 saturated heterocycles. The largest absolute Gasteiger partial charge is 0.573 e. The van der Waals surface area contributed by atoms with E-state index in [0.29, 0.717) is 17.1 Å². The van der Waals surface area contributed by atoms with Gasteiger partial charge in [-0.25, -0.2) is 4.79 Å². The second-order valence-corrected chi connectivity index (χ2v) is 8.32. The van der Waals surface area contributed by atoms with Crippen LogP contribution in [0.2, 0.25) is 0 Å². The van der Waals surface area contributed by atoms with Gasteiger partial charge in [0.15, 0.2) is 5.75 Å². The van der Waals surface area contributed by atoms with Gasteiger partial charge >= 0.3 is 12.4 Å². The Morgan fingerprint density at radius 1 is 0.912 bits per heavy atom. The van der Waals surface area contributed by atoms with Crippen molar-refractivity contribution in [2.75, 3.05) is 10.6 Å². The Morgan fingerprint density at radius 3 is 2.21 bits per heavy atom. The lowest BCUT2D eigenvalue weighted by Gasteiger charge is -2.23. The van der Waals surface area contributed by atoms with E-state index in [-0.39, 0.29) is 16.8 Å². The fourth-order valence-electron chi connectivity index (χ4n) is 3.10. The summed E-state index contributed by atoms with van der Waals surface area (Å²) in [6, 6.07) is 18.1. The van der Waals surface area contributed by atoms with Crippen molar-refractivity contribution in [3.63, 3.8) is 0 Å². The third-order valence-electron chi connectivity index (χ3n) is 4.62. The molecule has 9 heteroatoms. The molecule has 2 amide bonds. The molecule has 0 saturated carbocycles. The standard InChI is InChI=1S/C25H22F3N3O3/c1-24(2,3)19-6-4-5-7-21(19)33-22-13-8-16(15-29)14-20(22)31-23(32)30-17-9-11-18(12-10-17)34-25(26,27)28/h4-14H,1-3H3,(H2,30,31,32). The predicted molar refractivity (Wildman–Crippen MR) is 122 cm³/mol. The molecular weight excluding hydrogens is 447 g/mol. The molecule has 3 rings (SSSR count). The number of carbonyl (C=O) groups excluding carboxylic acids is 1. The highest BCUT2D eigenvalue weighted by Crippen LogP contribution is 2.37. The fourth-order valence-corrected chi connectivity index (χ4v) is 3.10. The van der Waals surface area contributed by atoms with Crippen molar-refractivity contribution in [2.24, 2.45) is 0 Å². The summed E-state index contributed by atoms with van der Waals surface area (Å²) in [6.07, 6.45) is -4.81. The van der Waals surface area contributed by atoms with Gasteiger partial charge in [0.2, 0.25) is 0 Å². The van der Waals surface area contributed by atoms with Gasteiger partial charge < -0.3 is 20.1 Å². The minimum absolute atomic E-state index is 0.198. The molecule has 0 heterocycles. The Bertz CT molecular complexity index is 1210. The first-order valence-electron chi connectivity index (χ1n) is 10.2. The number of hydrogen-bond donors (Lipinski definition) is 2. The molecule has 0 bridgehead atoms. The highest BCUT2D eigenvalue weighted by molar-refractivity contribution is 6.00. The van der Waals surface area contributed by atoms with Gasteiger partial charge in [0.25, 0.3) is 0 Å². The van der Waals surface area contributed by atoms with Crippen LogP contribution in [-0.4, -0.2) is 12.4 Å². The van der Waals surface area contributed by atoms with Crippen molar-refractivity contribution in [2.45, 2.75) is 32.5 Å². The minimum atomic E-state index is -4.81. The van der Waals surface area contributed by atoms with Crippen molar-refractivity contribution in [1.29, 1.82) is 5.26 Å². The summed E-state index contributed by atoms with van der Waals surface area (Å²) in [5.41, 5.74) is 1.55. The SMILES string of the molecule is CC(C)(C)c1ccccc1Oc1ccc(C#N)cc1NC(=O)Nc1ccc(OC(F)(F)F)cc1. The summed E-state index contributed by atoms with van der Waals surface area (Å²) in [6.45, 7) is 6.14. The lowest BCUT2D eigenvalue weighted by Crippen LogP contribution is -2.20. The van der Waals surface area contributed by atoms with Gasteiger partial charge in [-0.05, 0) is 53.9 Å². The molecule has 0 aliphatic heterocycles. The van der Waals surface area contributed by atoms with E-state index < -0.39 is 18.1 Å². The summed E-state index contributed by atoms with van der Waals surface area (Å²) >= 11 is 0. The van der Waals surface area contributed by atoms with Crippen LogP contribution < -0.4 is 20.1 Å². The first kappa shape index (κ1) is 24.5. The van der Waals surface area contributed by atoms with Gasteiger partial charge in [-0.3, -0.25) is 0 Å². The molecule has 0 aromatic heterocycles. The first-order chi connectivity index (χ1) is 15.9. The van der Waals surface area contributed by atoms with Crippen LogP contribution in [0, 0.1) is 11.3 Å². The Balaban J connectivity index is 1.80.